The van der Waals surface area contributed by atoms with Gasteiger partial charge in [-0.1, -0.05) is 18.2 Å². The van der Waals surface area contributed by atoms with Crippen LogP contribution < -0.4 is 10.2 Å². The maximum absolute atomic E-state index is 4.91. The molecule has 0 saturated heterocycles. The number of rotatable bonds is 5. The Morgan fingerprint density at radius 2 is 2.10 bits per heavy atom. The average Bonchev–Trinajstić information content (AvgIpc) is 3.30. The molecule has 106 valence electrons. The third kappa shape index (κ3) is 2.50. The largest absolute Gasteiger partial charge is 0.356 e. The Kier molecular flexibility index (Phi) is 3.62. The van der Waals surface area contributed by atoms with E-state index in [-0.39, 0.29) is 0 Å². The van der Waals surface area contributed by atoms with Gasteiger partial charge in [-0.05, 0) is 44.9 Å². The first-order valence-corrected chi connectivity index (χ1v) is 7.47. The molecule has 0 amide bonds. The summed E-state index contributed by atoms with van der Waals surface area (Å²) in [4.78, 5) is 7.27. The van der Waals surface area contributed by atoms with Gasteiger partial charge in [0.1, 0.15) is 5.82 Å². The van der Waals surface area contributed by atoms with Gasteiger partial charge in [-0.25, -0.2) is 4.98 Å². The van der Waals surface area contributed by atoms with Crippen molar-refractivity contribution in [2.45, 2.75) is 32.4 Å². The molecule has 3 nitrogen and oxygen atoms in total. The summed E-state index contributed by atoms with van der Waals surface area (Å²) < 4.78 is 0. The van der Waals surface area contributed by atoms with Crippen LogP contribution >= 0.6 is 0 Å². The third-order valence-corrected chi connectivity index (χ3v) is 4.40. The number of nitrogens with one attached hydrogen (secondary N) is 1. The van der Waals surface area contributed by atoms with Crippen LogP contribution in [0.5, 0.6) is 0 Å². The lowest BCUT2D eigenvalue weighted by Gasteiger charge is -2.28. The molecule has 1 aliphatic rings. The summed E-state index contributed by atoms with van der Waals surface area (Å²) in [5, 5.41) is 4.48. The summed E-state index contributed by atoms with van der Waals surface area (Å²) in [7, 11) is 4.17. The van der Waals surface area contributed by atoms with Gasteiger partial charge in [0.25, 0.3) is 0 Å². The molecule has 1 N–H and O–H groups in total. The van der Waals surface area contributed by atoms with Crippen molar-refractivity contribution in [3.63, 3.8) is 0 Å². The lowest BCUT2D eigenvalue weighted by Crippen LogP contribution is -2.32. The molecule has 1 fully saturated rings. The first-order chi connectivity index (χ1) is 9.70. The summed E-state index contributed by atoms with van der Waals surface area (Å²) in [6.07, 6.45) is 2.72. The van der Waals surface area contributed by atoms with E-state index in [2.05, 4.69) is 54.5 Å². The highest BCUT2D eigenvalue weighted by molar-refractivity contribution is 5.81. The van der Waals surface area contributed by atoms with E-state index in [1.807, 2.05) is 7.05 Å². The second-order valence-corrected chi connectivity index (χ2v) is 5.88. The molecule has 1 aromatic carbocycles. The fourth-order valence-electron chi connectivity index (χ4n) is 2.86. The van der Waals surface area contributed by atoms with E-state index < -0.39 is 0 Å². The van der Waals surface area contributed by atoms with Crippen LogP contribution in [-0.2, 0) is 6.54 Å². The van der Waals surface area contributed by atoms with Crippen molar-refractivity contribution in [3.8, 4) is 0 Å². The second kappa shape index (κ2) is 5.41. The van der Waals surface area contributed by atoms with Gasteiger partial charge in [-0.15, -0.1) is 0 Å². The molecule has 0 radical (unpaired) electrons. The van der Waals surface area contributed by atoms with E-state index >= 15 is 0 Å². The van der Waals surface area contributed by atoms with Crippen molar-refractivity contribution in [1.82, 2.24) is 10.3 Å². The number of aromatic nitrogens is 1. The van der Waals surface area contributed by atoms with Gasteiger partial charge in [0.05, 0.1) is 5.52 Å². The maximum atomic E-state index is 4.91. The molecule has 2 aromatic rings. The Balaban J connectivity index is 2.03. The molecule has 3 heteroatoms. The van der Waals surface area contributed by atoms with Crippen LogP contribution in [0.15, 0.2) is 30.3 Å². The topological polar surface area (TPSA) is 28.2 Å². The molecule has 0 bridgehead atoms. The molecule has 20 heavy (non-hydrogen) atoms. The van der Waals surface area contributed by atoms with E-state index in [9.17, 15) is 0 Å². The highest BCUT2D eigenvalue weighted by Crippen LogP contribution is 2.37. The van der Waals surface area contributed by atoms with E-state index in [1.165, 1.54) is 23.8 Å². The predicted molar refractivity (Wildman–Crippen MR) is 85.1 cm³/mol. The van der Waals surface area contributed by atoms with Crippen molar-refractivity contribution in [2.24, 2.45) is 5.92 Å². The van der Waals surface area contributed by atoms with E-state index in [0.717, 1.165) is 23.8 Å². The number of nitrogens with zero attached hydrogens (tertiary/aromatic N) is 2. The molecule has 1 aliphatic carbocycles. The van der Waals surface area contributed by atoms with Crippen molar-refractivity contribution in [1.29, 1.82) is 0 Å². The van der Waals surface area contributed by atoms with Crippen LogP contribution in [-0.4, -0.2) is 25.1 Å². The molecular formula is C17H23N3. The Hall–Kier alpha value is -1.61. The van der Waals surface area contributed by atoms with Crippen molar-refractivity contribution in [2.75, 3.05) is 19.0 Å². The Bertz CT molecular complexity index is 604. The Morgan fingerprint density at radius 3 is 2.80 bits per heavy atom. The number of fused-ring (bicyclic) bond motifs is 1. The van der Waals surface area contributed by atoms with Gasteiger partial charge < -0.3 is 10.2 Å². The van der Waals surface area contributed by atoms with Gasteiger partial charge in [0.2, 0.25) is 0 Å². The Labute approximate surface area is 121 Å². The highest BCUT2D eigenvalue weighted by atomic mass is 15.2. The summed E-state index contributed by atoms with van der Waals surface area (Å²) in [6.45, 7) is 3.17. The number of hydrogen-bond donors (Lipinski definition) is 1. The molecule has 1 atom stereocenters. The minimum Gasteiger partial charge on any atom is -0.356 e. The fourth-order valence-corrected chi connectivity index (χ4v) is 2.86. The lowest BCUT2D eigenvalue weighted by atomic mass is 10.1. The van der Waals surface area contributed by atoms with E-state index in [1.54, 1.807) is 0 Å². The zero-order valence-electron chi connectivity index (χ0n) is 12.6. The normalized spacial score (nSPS) is 16.4. The zero-order valence-corrected chi connectivity index (χ0v) is 12.6. The first kappa shape index (κ1) is 13.4. The summed E-state index contributed by atoms with van der Waals surface area (Å²) in [6, 6.07) is 11.2. The molecule has 0 aliphatic heterocycles. The minimum absolute atomic E-state index is 0.569. The number of anilines is 1. The van der Waals surface area contributed by atoms with Gasteiger partial charge in [-0.3, -0.25) is 0 Å². The van der Waals surface area contributed by atoms with Crippen molar-refractivity contribution in [3.05, 3.63) is 35.9 Å². The SMILES string of the molecule is CNCc1cc2ccccc2nc1N(C)C(C)C1CC1. The van der Waals surface area contributed by atoms with Gasteiger partial charge in [0.15, 0.2) is 0 Å². The van der Waals surface area contributed by atoms with E-state index in [0.29, 0.717) is 6.04 Å². The zero-order chi connectivity index (χ0) is 14.1. The summed E-state index contributed by atoms with van der Waals surface area (Å²) in [5.74, 6) is 1.97. The molecule has 1 aromatic heterocycles. The van der Waals surface area contributed by atoms with Gasteiger partial charge in [0, 0.05) is 30.6 Å². The summed E-state index contributed by atoms with van der Waals surface area (Å²) >= 11 is 0. The van der Waals surface area contributed by atoms with E-state index in [4.69, 9.17) is 4.98 Å². The lowest BCUT2D eigenvalue weighted by molar-refractivity contribution is 0.601. The molecule has 1 unspecified atom stereocenters. The quantitative estimate of drug-likeness (QED) is 0.903. The second-order valence-electron chi connectivity index (χ2n) is 5.88. The van der Waals surface area contributed by atoms with Crippen LogP contribution in [0.3, 0.4) is 0 Å². The fraction of sp³-hybridized carbons (Fsp3) is 0.471. The standard InChI is InChI=1S/C17H23N3/c1-12(13-8-9-13)20(3)17-15(11-18-2)10-14-6-4-5-7-16(14)19-17/h4-7,10,12-13,18H,8-9,11H2,1-3H3. The molecule has 3 rings (SSSR count). The third-order valence-electron chi connectivity index (χ3n) is 4.40. The maximum Gasteiger partial charge on any atom is 0.133 e. The summed E-state index contributed by atoms with van der Waals surface area (Å²) in [5.41, 5.74) is 2.36. The minimum atomic E-state index is 0.569. The van der Waals surface area contributed by atoms with Crippen LogP contribution in [0.4, 0.5) is 5.82 Å². The smallest absolute Gasteiger partial charge is 0.133 e. The van der Waals surface area contributed by atoms with Crippen molar-refractivity contribution >= 4 is 16.7 Å². The molecule has 1 saturated carbocycles. The highest BCUT2D eigenvalue weighted by Gasteiger charge is 2.31. The first-order valence-electron chi connectivity index (χ1n) is 7.47. The predicted octanol–water partition coefficient (Wildman–Crippen LogP) is 3.19. The van der Waals surface area contributed by atoms with Crippen LogP contribution in [0.25, 0.3) is 10.9 Å². The van der Waals surface area contributed by atoms with Crippen LogP contribution in [0, 0.1) is 5.92 Å². The average molecular weight is 269 g/mol. The van der Waals surface area contributed by atoms with Gasteiger partial charge >= 0.3 is 0 Å². The van der Waals surface area contributed by atoms with Crippen LogP contribution in [0.1, 0.15) is 25.3 Å². The molecule has 0 spiro atoms. The van der Waals surface area contributed by atoms with Crippen molar-refractivity contribution < 1.29 is 0 Å². The number of hydrogen-bond acceptors (Lipinski definition) is 3. The number of para-hydroxylation sites is 1. The monoisotopic (exact) mass is 269 g/mol. The molecule has 1 heterocycles. The van der Waals surface area contributed by atoms with Gasteiger partial charge in [-0.2, -0.15) is 0 Å². The molecular weight excluding hydrogens is 246 g/mol. The van der Waals surface area contributed by atoms with Crippen LogP contribution in [0.2, 0.25) is 0 Å². The Morgan fingerprint density at radius 1 is 1.35 bits per heavy atom. The number of pyridine rings is 1. The number of benzene rings is 1.